The van der Waals surface area contributed by atoms with E-state index in [2.05, 4.69) is 20.9 Å². The van der Waals surface area contributed by atoms with Crippen molar-refractivity contribution in [1.29, 1.82) is 0 Å². The Bertz CT molecular complexity index is 891. The molecule has 0 amide bonds. The third-order valence-electron chi connectivity index (χ3n) is 3.56. The van der Waals surface area contributed by atoms with Gasteiger partial charge in [-0.25, -0.2) is 0 Å². The first kappa shape index (κ1) is 17.1. The van der Waals surface area contributed by atoms with Crippen LogP contribution in [0.1, 0.15) is 21.5 Å². The molecule has 3 rings (SSSR count). The maximum absolute atomic E-state index is 12.3. The van der Waals surface area contributed by atoms with E-state index >= 15 is 0 Å². The first-order valence-corrected chi connectivity index (χ1v) is 8.60. The summed E-state index contributed by atoms with van der Waals surface area (Å²) < 4.78 is 6.75. The van der Waals surface area contributed by atoms with E-state index in [4.69, 9.17) is 4.74 Å². The number of carbonyl (C=O) groups excluding carboxylic acids is 1. The van der Waals surface area contributed by atoms with Gasteiger partial charge in [0.15, 0.2) is 5.78 Å². The summed E-state index contributed by atoms with van der Waals surface area (Å²) in [4.78, 5) is 16.4. The van der Waals surface area contributed by atoms with Crippen LogP contribution < -0.4 is 4.74 Å². The highest BCUT2D eigenvalue weighted by Crippen LogP contribution is 2.21. The van der Waals surface area contributed by atoms with E-state index in [1.807, 2.05) is 48.5 Å². The number of ether oxygens (including phenoxy) is 1. The molecule has 0 aliphatic heterocycles. The van der Waals surface area contributed by atoms with Crippen molar-refractivity contribution in [1.82, 2.24) is 4.98 Å². The molecular formula is C21H16BrNO2. The second-order valence-electron chi connectivity index (χ2n) is 5.40. The molecule has 0 spiro atoms. The van der Waals surface area contributed by atoms with Gasteiger partial charge >= 0.3 is 0 Å². The zero-order valence-corrected chi connectivity index (χ0v) is 15.0. The van der Waals surface area contributed by atoms with Crippen molar-refractivity contribution in [3.05, 3.63) is 100 Å². The zero-order valence-electron chi connectivity index (χ0n) is 13.4. The summed E-state index contributed by atoms with van der Waals surface area (Å²) in [6.45, 7) is 0.429. The number of aromatic nitrogens is 1. The number of pyridine rings is 1. The van der Waals surface area contributed by atoms with Crippen LogP contribution in [0.4, 0.5) is 0 Å². The van der Waals surface area contributed by atoms with E-state index in [0.717, 1.165) is 21.3 Å². The topological polar surface area (TPSA) is 39.2 Å². The number of hydrogen-bond donors (Lipinski definition) is 0. The predicted octanol–water partition coefficient (Wildman–Crippen LogP) is 5.32. The van der Waals surface area contributed by atoms with Gasteiger partial charge in [0.1, 0.15) is 12.4 Å². The summed E-state index contributed by atoms with van der Waals surface area (Å²) in [6, 6.07) is 18.8. The van der Waals surface area contributed by atoms with Crippen molar-refractivity contribution in [3.63, 3.8) is 0 Å². The molecule has 0 radical (unpaired) electrons. The van der Waals surface area contributed by atoms with Crippen molar-refractivity contribution in [2.24, 2.45) is 0 Å². The second-order valence-corrected chi connectivity index (χ2v) is 6.31. The van der Waals surface area contributed by atoms with Gasteiger partial charge in [0.25, 0.3) is 0 Å². The van der Waals surface area contributed by atoms with Gasteiger partial charge in [-0.1, -0.05) is 52.3 Å². The minimum Gasteiger partial charge on any atom is -0.488 e. The van der Waals surface area contributed by atoms with E-state index < -0.39 is 0 Å². The van der Waals surface area contributed by atoms with Gasteiger partial charge in [0.05, 0.1) is 0 Å². The van der Waals surface area contributed by atoms with Crippen LogP contribution in [-0.4, -0.2) is 10.8 Å². The molecule has 0 fully saturated rings. The average molecular weight is 394 g/mol. The third-order valence-corrected chi connectivity index (χ3v) is 4.05. The highest BCUT2D eigenvalue weighted by molar-refractivity contribution is 9.10. The Kier molecular flexibility index (Phi) is 5.75. The van der Waals surface area contributed by atoms with Crippen LogP contribution in [0.15, 0.2) is 83.6 Å². The molecule has 1 aromatic heterocycles. The molecule has 3 nitrogen and oxygen atoms in total. The Balaban J connectivity index is 1.73. The Hall–Kier alpha value is -2.72. The summed E-state index contributed by atoms with van der Waals surface area (Å²) in [5.74, 6) is 0.674. The molecular weight excluding hydrogens is 378 g/mol. The molecule has 124 valence electrons. The lowest BCUT2D eigenvalue weighted by atomic mass is 10.1. The number of allylic oxidation sites excluding steroid dienone is 1. The van der Waals surface area contributed by atoms with E-state index in [1.54, 1.807) is 36.7 Å². The first-order chi connectivity index (χ1) is 12.2. The van der Waals surface area contributed by atoms with Crippen molar-refractivity contribution in [2.75, 3.05) is 0 Å². The summed E-state index contributed by atoms with van der Waals surface area (Å²) in [5.41, 5.74) is 2.49. The largest absolute Gasteiger partial charge is 0.488 e. The molecule has 0 aliphatic rings. The van der Waals surface area contributed by atoms with E-state index in [0.29, 0.717) is 12.2 Å². The summed E-state index contributed by atoms with van der Waals surface area (Å²) in [5, 5.41) is 0. The smallest absolute Gasteiger partial charge is 0.185 e. The lowest BCUT2D eigenvalue weighted by Crippen LogP contribution is -1.98. The van der Waals surface area contributed by atoms with Gasteiger partial charge in [0.2, 0.25) is 0 Å². The van der Waals surface area contributed by atoms with Gasteiger partial charge < -0.3 is 4.74 Å². The Morgan fingerprint density at radius 2 is 1.96 bits per heavy atom. The van der Waals surface area contributed by atoms with Crippen LogP contribution >= 0.6 is 15.9 Å². The van der Waals surface area contributed by atoms with Crippen molar-refractivity contribution in [2.45, 2.75) is 6.61 Å². The SMILES string of the molecule is O=C(/C=C/c1ccccc1OCc1cccnc1)c1cccc(Br)c1. The molecule has 0 saturated carbocycles. The number of hydrogen-bond acceptors (Lipinski definition) is 3. The molecule has 0 saturated heterocycles. The van der Waals surface area contributed by atoms with Gasteiger partial charge in [-0.3, -0.25) is 9.78 Å². The monoisotopic (exact) mass is 393 g/mol. The lowest BCUT2D eigenvalue weighted by Gasteiger charge is -2.09. The van der Waals surface area contributed by atoms with Crippen molar-refractivity contribution < 1.29 is 9.53 Å². The number of nitrogens with zero attached hydrogens (tertiary/aromatic N) is 1. The predicted molar refractivity (Wildman–Crippen MR) is 103 cm³/mol. The normalized spacial score (nSPS) is 10.8. The fourth-order valence-corrected chi connectivity index (χ4v) is 2.70. The molecule has 3 aromatic rings. The lowest BCUT2D eigenvalue weighted by molar-refractivity contribution is 0.104. The van der Waals surface area contributed by atoms with Crippen LogP contribution in [0.5, 0.6) is 5.75 Å². The van der Waals surface area contributed by atoms with Gasteiger partial charge in [-0.05, 0) is 36.4 Å². The van der Waals surface area contributed by atoms with Crippen molar-refractivity contribution >= 4 is 27.8 Å². The molecule has 0 atom stereocenters. The summed E-state index contributed by atoms with van der Waals surface area (Å²) >= 11 is 3.38. The molecule has 0 N–H and O–H groups in total. The molecule has 25 heavy (non-hydrogen) atoms. The third kappa shape index (κ3) is 4.88. The maximum Gasteiger partial charge on any atom is 0.185 e. The number of rotatable bonds is 6. The maximum atomic E-state index is 12.3. The van der Waals surface area contributed by atoms with Gasteiger partial charge in [0, 0.05) is 33.6 Å². The second kappa shape index (κ2) is 8.40. The highest BCUT2D eigenvalue weighted by Gasteiger charge is 2.04. The first-order valence-electron chi connectivity index (χ1n) is 7.81. The number of halogens is 1. The quantitative estimate of drug-likeness (QED) is 0.420. The molecule has 0 unspecified atom stereocenters. The van der Waals surface area contributed by atoms with Crippen molar-refractivity contribution in [3.8, 4) is 5.75 Å². The fraction of sp³-hybridized carbons (Fsp3) is 0.0476. The number of para-hydroxylation sites is 1. The van der Waals surface area contributed by atoms with E-state index in [-0.39, 0.29) is 5.78 Å². The molecule has 2 aromatic carbocycles. The fourth-order valence-electron chi connectivity index (χ4n) is 2.30. The minimum absolute atomic E-state index is 0.0524. The number of benzene rings is 2. The number of carbonyl (C=O) groups is 1. The van der Waals surface area contributed by atoms with Crippen LogP contribution in [0.3, 0.4) is 0 Å². The van der Waals surface area contributed by atoms with Crippen LogP contribution in [0.2, 0.25) is 0 Å². The summed E-state index contributed by atoms with van der Waals surface area (Å²) in [7, 11) is 0. The Labute approximate surface area is 155 Å². The van der Waals surface area contributed by atoms with E-state index in [9.17, 15) is 4.79 Å². The Morgan fingerprint density at radius 1 is 1.08 bits per heavy atom. The van der Waals surface area contributed by atoms with Crippen LogP contribution in [-0.2, 0) is 6.61 Å². The molecule has 0 bridgehead atoms. The van der Waals surface area contributed by atoms with E-state index in [1.165, 1.54) is 0 Å². The van der Waals surface area contributed by atoms with Crippen LogP contribution in [0, 0.1) is 0 Å². The molecule has 0 aliphatic carbocycles. The highest BCUT2D eigenvalue weighted by atomic mass is 79.9. The number of ketones is 1. The van der Waals surface area contributed by atoms with Crippen LogP contribution in [0.25, 0.3) is 6.08 Å². The van der Waals surface area contributed by atoms with Gasteiger partial charge in [-0.2, -0.15) is 0 Å². The Morgan fingerprint density at radius 3 is 2.76 bits per heavy atom. The average Bonchev–Trinajstić information content (AvgIpc) is 2.66. The summed E-state index contributed by atoms with van der Waals surface area (Å²) in [6.07, 6.45) is 6.85. The molecule has 4 heteroatoms. The molecule has 1 heterocycles. The zero-order chi connectivity index (χ0) is 17.5. The standard InChI is InChI=1S/C21H16BrNO2/c22-19-8-3-7-18(13-19)20(24)11-10-17-6-1-2-9-21(17)25-15-16-5-4-12-23-14-16/h1-14H,15H2/b11-10+. The van der Waals surface area contributed by atoms with Gasteiger partial charge in [-0.15, -0.1) is 0 Å². The minimum atomic E-state index is -0.0524.